The summed E-state index contributed by atoms with van der Waals surface area (Å²) in [6.07, 6.45) is 4.42. The minimum atomic E-state index is -0.680. The summed E-state index contributed by atoms with van der Waals surface area (Å²) in [6.45, 7) is -0.488. The van der Waals surface area contributed by atoms with E-state index >= 15 is 0 Å². The number of nitrogens with two attached hydrogens (primary N) is 2. The van der Waals surface area contributed by atoms with E-state index in [1.165, 1.54) is 0 Å². The second-order valence-corrected chi connectivity index (χ2v) is 4.55. The Labute approximate surface area is 107 Å². The summed E-state index contributed by atoms with van der Waals surface area (Å²) in [4.78, 5) is 21.5. The quantitative estimate of drug-likeness (QED) is 0.374. The second kappa shape index (κ2) is 9.85. The zero-order valence-corrected chi connectivity index (χ0v) is 10.7. The monoisotopic (exact) mass is 260 g/mol. The molecule has 106 valence electrons. The molecule has 0 aliphatic rings. The first-order chi connectivity index (χ1) is 8.52. The molecular formula is C12H24N2O4. The molecule has 0 heterocycles. The summed E-state index contributed by atoms with van der Waals surface area (Å²) in [7, 11) is 0. The highest BCUT2D eigenvalue weighted by atomic mass is 16.3. The van der Waals surface area contributed by atoms with E-state index in [9.17, 15) is 14.7 Å². The molecule has 18 heavy (non-hydrogen) atoms. The van der Waals surface area contributed by atoms with Gasteiger partial charge in [-0.2, -0.15) is 0 Å². The van der Waals surface area contributed by atoms with Gasteiger partial charge in [0.25, 0.3) is 0 Å². The summed E-state index contributed by atoms with van der Waals surface area (Å²) in [5.74, 6) is -1.84. The van der Waals surface area contributed by atoms with Gasteiger partial charge < -0.3 is 21.7 Å². The van der Waals surface area contributed by atoms with Gasteiger partial charge in [0, 0.05) is 13.0 Å². The van der Waals surface area contributed by atoms with Crippen molar-refractivity contribution in [2.75, 3.05) is 13.2 Å². The van der Waals surface area contributed by atoms with Gasteiger partial charge in [0.15, 0.2) is 0 Å². The van der Waals surface area contributed by atoms with Crippen molar-refractivity contribution in [1.82, 2.24) is 0 Å². The molecule has 2 amide bonds. The molecule has 6 N–H and O–H groups in total. The zero-order valence-electron chi connectivity index (χ0n) is 10.7. The molecule has 0 aliphatic heterocycles. The largest absolute Gasteiger partial charge is 0.396 e. The molecule has 0 aromatic rings. The molecule has 0 saturated carbocycles. The van der Waals surface area contributed by atoms with Gasteiger partial charge in [-0.1, -0.05) is 19.3 Å². The number of aliphatic hydroxyl groups excluding tert-OH is 2. The summed E-state index contributed by atoms with van der Waals surface area (Å²) < 4.78 is 0. The van der Waals surface area contributed by atoms with Crippen LogP contribution in [0.15, 0.2) is 0 Å². The van der Waals surface area contributed by atoms with Crippen molar-refractivity contribution in [3.63, 3.8) is 0 Å². The topological polar surface area (TPSA) is 127 Å². The van der Waals surface area contributed by atoms with Crippen molar-refractivity contribution in [1.29, 1.82) is 0 Å². The van der Waals surface area contributed by atoms with Crippen LogP contribution in [0.2, 0.25) is 0 Å². The van der Waals surface area contributed by atoms with Crippen molar-refractivity contribution >= 4 is 11.8 Å². The lowest BCUT2D eigenvalue weighted by Gasteiger charge is -2.20. The third-order valence-electron chi connectivity index (χ3n) is 3.11. The molecule has 0 spiro atoms. The second-order valence-electron chi connectivity index (χ2n) is 4.55. The van der Waals surface area contributed by atoms with Crippen molar-refractivity contribution in [3.05, 3.63) is 0 Å². The fourth-order valence-corrected chi connectivity index (χ4v) is 1.95. The molecule has 0 fully saturated rings. The van der Waals surface area contributed by atoms with Gasteiger partial charge in [0.1, 0.15) is 0 Å². The highest BCUT2D eigenvalue weighted by Crippen LogP contribution is 2.19. The minimum absolute atomic E-state index is 0.157. The van der Waals surface area contributed by atoms with E-state index in [2.05, 4.69) is 0 Å². The predicted molar refractivity (Wildman–Crippen MR) is 67.2 cm³/mol. The van der Waals surface area contributed by atoms with Crippen LogP contribution in [0.3, 0.4) is 0 Å². The van der Waals surface area contributed by atoms with Crippen LogP contribution in [0.5, 0.6) is 0 Å². The molecule has 6 heteroatoms. The Hall–Kier alpha value is -1.14. The number of carbonyl (C=O) groups is 2. The molecule has 2 atom stereocenters. The van der Waals surface area contributed by atoms with E-state index < -0.39 is 11.8 Å². The number of rotatable bonds is 11. The first-order valence-electron chi connectivity index (χ1n) is 6.32. The van der Waals surface area contributed by atoms with E-state index in [0.29, 0.717) is 12.8 Å². The standard InChI is InChI=1S/C12H24N2O4/c13-11(17)6-4-2-1-3-5-9(7-15)10(8-16)12(14)18/h9-10,15-16H,1-8H2,(H2,13,17)(H2,14,18). The molecule has 0 rings (SSSR count). The van der Waals surface area contributed by atoms with Crippen molar-refractivity contribution < 1.29 is 19.8 Å². The Morgan fingerprint density at radius 2 is 1.56 bits per heavy atom. The Balaban J connectivity index is 3.80. The number of primary amides is 2. The number of hydrogen-bond acceptors (Lipinski definition) is 4. The Bertz CT molecular complexity index is 258. The van der Waals surface area contributed by atoms with Crippen LogP contribution in [0.25, 0.3) is 0 Å². The maximum absolute atomic E-state index is 11.0. The van der Waals surface area contributed by atoms with E-state index in [4.69, 9.17) is 16.6 Å². The molecular weight excluding hydrogens is 236 g/mol. The number of aliphatic hydroxyl groups is 2. The van der Waals surface area contributed by atoms with Gasteiger partial charge in [0.05, 0.1) is 12.5 Å². The zero-order chi connectivity index (χ0) is 14.0. The summed E-state index contributed by atoms with van der Waals surface area (Å²) in [6, 6.07) is 0. The highest BCUT2D eigenvalue weighted by molar-refractivity contribution is 5.77. The number of unbranched alkanes of at least 4 members (excludes halogenated alkanes) is 3. The molecule has 0 bridgehead atoms. The molecule has 0 aromatic carbocycles. The first-order valence-corrected chi connectivity index (χ1v) is 6.32. The van der Waals surface area contributed by atoms with E-state index in [1.54, 1.807) is 0 Å². The molecule has 2 unspecified atom stereocenters. The van der Waals surface area contributed by atoms with Crippen LogP contribution in [0.4, 0.5) is 0 Å². The van der Waals surface area contributed by atoms with E-state index in [1.807, 2.05) is 0 Å². The maximum Gasteiger partial charge on any atom is 0.223 e. The fraction of sp³-hybridized carbons (Fsp3) is 0.833. The minimum Gasteiger partial charge on any atom is -0.396 e. The van der Waals surface area contributed by atoms with Crippen LogP contribution in [-0.4, -0.2) is 35.2 Å². The molecule has 6 nitrogen and oxygen atoms in total. The number of amides is 2. The van der Waals surface area contributed by atoms with Crippen molar-refractivity contribution in [2.24, 2.45) is 23.3 Å². The third kappa shape index (κ3) is 7.24. The molecule has 0 aromatic heterocycles. The van der Waals surface area contributed by atoms with Gasteiger partial charge in [-0.25, -0.2) is 0 Å². The predicted octanol–water partition coefficient (Wildman–Crippen LogP) is -0.485. The maximum atomic E-state index is 11.0. The summed E-state index contributed by atoms with van der Waals surface area (Å²) >= 11 is 0. The lowest BCUT2D eigenvalue weighted by molar-refractivity contribution is -0.125. The van der Waals surface area contributed by atoms with Crippen LogP contribution in [0, 0.1) is 11.8 Å². The SMILES string of the molecule is NC(=O)CCCCCCC(CO)C(CO)C(N)=O. The van der Waals surface area contributed by atoms with Gasteiger partial charge in [-0.05, 0) is 18.8 Å². The van der Waals surface area contributed by atoms with Crippen molar-refractivity contribution in [2.45, 2.75) is 38.5 Å². The molecule has 0 saturated heterocycles. The molecule has 0 aliphatic carbocycles. The highest BCUT2D eigenvalue weighted by Gasteiger charge is 2.24. The number of hydrogen-bond donors (Lipinski definition) is 4. The Kier molecular flexibility index (Phi) is 9.22. The fourth-order valence-electron chi connectivity index (χ4n) is 1.95. The van der Waals surface area contributed by atoms with Gasteiger partial charge in [0.2, 0.25) is 11.8 Å². The van der Waals surface area contributed by atoms with Gasteiger partial charge in [-0.15, -0.1) is 0 Å². The third-order valence-corrected chi connectivity index (χ3v) is 3.11. The Morgan fingerprint density at radius 1 is 0.944 bits per heavy atom. The molecule has 0 radical (unpaired) electrons. The van der Waals surface area contributed by atoms with Gasteiger partial charge >= 0.3 is 0 Å². The lowest BCUT2D eigenvalue weighted by Crippen LogP contribution is -2.34. The van der Waals surface area contributed by atoms with Crippen LogP contribution in [0.1, 0.15) is 38.5 Å². The van der Waals surface area contributed by atoms with Crippen molar-refractivity contribution in [3.8, 4) is 0 Å². The number of carbonyl (C=O) groups excluding carboxylic acids is 2. The van der Waals surface area contributed by atoms with Crippen LogP contribution >= 0.6 is 0 Å². The smallest absolute Gasteiger partial charge is 0.223 e. The summed E-state index contributed by atoms with van der Waals surface area (Å²) in [5.41, 5.74) is 10.2. The summed E-state index contributed by atoms with van der Waals surface area (Å²) in [5, 5.41) is 18.2. The average molecular weight is 260 g/mol. The average Bonchev–Trinajstić information content (AvgIpc) is 2.31. The Morgan fingerprint density at radius 3 is 2.00 bits per heavy atom. The first kappa shape index (κ1) is 16.9. The normalized spacial score (nSPS) is 14.1. The van der Waals surface area contributed by atoms with Crippen LogP contribution < -0.4 is 11.5 Å². The van der Waals surface area contributed by atoms with Crippen LogP contribution in [-0.2, 0) is 9.59 Å². The lowest BCUT2D eigenvalue weighted by atomic mass is 9.88. The van der Waals surface area contributed by atoms with E-state index in [-0.39, 0.29) is 25.0 Å². The van der Waals surface area contributed by atoms with E-state index in [0.717, 1.165) is 25.7 Å². The van der Waals surface area contributed by atoms with Gasteiger partial charge in [-0.3, -0.25) is 9.59 Å².